The zero-order valence-corrected chi connectivity index (χ0v) is 25.0. The van der Waals surface area contributed by atoms with Gasteiger partial charge in [0.2, 0.25) is 0 Å². The number of carboxylic acid groups (broad SMARTS) is 1. The number of carbonyl (C=O) groups is 3. The smallest absolute Gasteiger partial charge is 0.331 e. The highest BCUT2D eigenvalue weighted by atomic mass is 16.5. The first-order valence-corrected chi connectivity index (χ1v) is 15.8. The van der Waals surface area contributed by atoms with E-state index in [1.165, 1.54) is 12.1 Å². The normalized spacial score (nSPS) is 40.8. The Balaban J connectivity index is 1.13. The van der Waals surface area contributed by atoms with Gasteiger partial charge in [-0.05, 0) is 104 Å². The van der Waals surface area contributed by atoms with Crippen LogP contribution in [-0.2, 0) is 23.9 Å². The van der Waals surface area contributed by atoms with Gasteiger partial charge in [-0.25, -0.2) is 4.79 Å². The molecule has 1 heterocycles. The third-order valence-corrected chi connectivity index (χ3v) is 12.5. The van der Waals surface area contributed by atoms with Crippen molar-refractivity contribution in [3.8, 4) is 5.75 Å². The van der Waals surface area contributed by atoms with Gasteiger partial charge in [-0.1, -0.05) is 26.0 Å². The number of phenols is 1. The van der Waals surface area contributed by atoms with E-state index in [1.54, 1.807) is 18.2 Å². The third kappa shape index (κ3) is 4.96. The summed E-state index contributed by atoms with van der Waals surface area (Å²) in [5.74, 6) is -1.85. The molecule has 2 unspecified atom stereocenters. The number of cyclic esters (lactones) is 1. The second kappa shape index (κ2) is 10.9. The Bertz CT molecular complexity index is 1310. The van der Waals surface area contributed by atoms with E-state index in [-0.39, 0.29) is 66.4 Å². The lowest BCUT2D eigenvalue weighted by Gasteiger charge is -2.65. The number of ether oxygens (including phenoxy) is 2. The molecule has 0 saturated heterocycles. The summed E-state index contributed by atoms with van der Waals surface area (Å²) in [4.78, 5) is 36.4. The Kier molecular flexibility index (Phi) is 7.65. The number of hydrogen-bond acceptors (Lipinski definition) is 8. The largest absolute Gasteiger partial charge is 0.508 e. The summed E-state index contributed by atoms with van der Waals surface area (Å²) >= 11 is 0. The van der Waals surface area contributed by atoms with Crippen LogP contribution in [0, 0.1) is 34.5 Å². The maximum absolute atomic E-state index is 13.1. The number of hydrogen-bond donors (Lipinski definition) is 4. The number of fused-ring (bicyclic) bond motifs is 5. The van der Waals surface area contributed by atoms with E-state index in [4.69, 9.17) is 9.47 Å². The van der Waals surface area contributed by atoms with Crippen LogP contribution in [0.3, 0.4) is 0 Å². The van der Waals surface area contributed by atoms with Crippen LogP contribution < -0.4 is 0 Å². The first-order chi connectivity index (χ1) is 20.3. The van der Waals surface area contributed by atoms with Crippen molar-refractivity contribution in [1.82, 2.24) is 0 Å². The second-order valence-corrected chi connectivity index (χ2v) is 14.3. The summed E-state index contributed by atoms with van der Waals surface area (Å²) in [6.45, 7) is 4.54. The molecule has 4 saturated carbocycles. The Labute approximate surface area is 252 Å². The zero-order valence-electron chi connectivity index (χ0n) is 25.0. The van der Waals surface area contributed by atoms with Crippen molar-refractivity contribution in [3.05, 3.63) is 41.5 Å². The van der Waals surface area contributed by atoms with Gasteiger partial charge >= 0.3 is 17.9 Å². The van der Waals surface area contributed by atoms with Gasteiger partial charge in [0.15, 0.2) is 0 Å². The van der Waals surface area contributed by atoms with Crippen LogP contribution in [0.2, 0.25) is 0 Å². The van der Waals surface area contributed by atoms with Crippen LogP contribution in [0.1, 0.15) is 89.5 Å². The van der Waals surface area contributed by atoms with Gasteiger partial charge in [0.05, 0.1) is 24.5 Å². The molecule has 0 amide bonds. The minimum atomic E-state index is -1.03. The number of esters is 2. The molecule has 1 aromatic rings. The van der Waals surface area contributed by atoms with Crippen LogP contribution >= 0.6 is 0 Å². The third-order valence-electron chi connectivity index (χ3n) is 12.5. The Morgan fingerprint density at radius 3 is 2.44 bits per heavy atom. The van der Waals surface area contributed by atoms with E-state index in [2.05, 4.69) is 6.92 Å². The fraction of sp³-hybridized carbons (Fsp3) is 0.676. The number of benzene rings is 1. The first kappa shape index (κ1) is 30.1. The van der Waals surface area contributed by atoms with Crippen molar-refractivity contribution in [3.63, 3.8) is 0 Å². The zero-order chi connectivity index (χ0) is 30.7. The summed E-state index contributed by atoms with van der Waals surface area (Å²) < 4.78 is 11.2. The highest BCUT2D eigenvalue weighted by molar-refractivity contribution is 5.85. The molecule has 6 rings (SSSR count). The van der Waals surface area contributed by atoms with Crippen molar-refractivity contribution in [2.45, 2.75) is 102 Å². The Morgan fingerprint density at radius 1 is 1.02 bits per heavy atom. The van der Waals surface area contributed by atoms with Crippen LogP contribution in [0.4, 0.5) is 0 Å². The highest BCUT2D eigenvalue weighted by Crippen LogP contribution is 2.70. The van der Waals surface area contributed by atoms with Crippen molar-refractivity contribution >= 4 is 17.9 Å². The predicted molar refractivity (Wildman–Crippen MR) is 155 cm³/mol. The van der Waals surface area contributed by atoms with E-state index >= 15 is 0 Å². The molecule has 9 heteroatoms. The molecule has 0 spiro atoms. The number of rotatable bonds is 7. The van der Waals surface area contributed by atoms with Gasteiger partial charge in [-0.3, -0.25) is 9.59 Å². The van der Waals surface area contributed by atoms with Gasteiger partial charge in [0.1, 0.15) is 18.5 Å². The number of carbonyl (C=O) groups excluding carboxylic acids is 2. The van der Waals surface area contributed by atoms with Crippen molar-refractivity contribution in [2.24, 2.45) is 34.5 Å². The molecule has 4 N–H and O–H groups in total. The molecule has 4 aliphatic carbocycles. The number of aliphatic carboxylic acids is 1. The summed E-state index contributed by atoms with van der Waals surface area (Å²) in [5.41, 5.74) is -0.319. The predicted octanol–water partition coefficient (Wildman–Crippen LogP) is 4.48. The molecule has 0 bridgehead atoms. The van der Waals surface area contributed by atoms with Gasteiger partial charge in [0.25, 0.3) is 0 Å². The minimum absolute atomic E-state index is 0.0481. The van der Waals surface area contributed by atoms with Gasteiger partial charge in [-0.15, -0.1) is 0 Å². The van der Waals surface area contributed by atoms with Crippen LogP contribution in [0.5, 0.6) is 5.75 Å². The molecule has 5 aliphatic rings. The maximum Gasteiger partial charge on any atom is 0.331 e. The Morgan fingerprint density at radius 2 is 1.77 bits per heavy atom. The molecule has 1 aromatic carbocycles. The highest BCUT2D eigenvalue weighted by Gasteiger charge is 2.70. The van der Waals surface area contributed by atoms with Crippen molar-refractivity contribution in [2.75, 3.05) is 6.61 Å². The molecule has 0 radical (unpaired) electrons. The van der Waals surface area contributed by atoms with Crippen LogP contribution in [-0.4, -0.2) is 62.7 Å². The van der Waals surface area contributed by atoms with E-state index in [1.807, 2.05) is 6.92 Å². The summed E-state index contributed by atoms with van der Waals surface area (Å²) in [6.07, 6.45) is 6.22. The monoisotopic (exact) mass is 596 g/mol. The quantitative estimate of drug-likeness (QED) is 0.334. The topological polar surface area (TPSA) is 151 Å². The average molecular weight is 597 g/mol. The van der Waals surface area contributed by atoms with Gasteiger partial charge in [0, 0.05) is 17.4 Å². The maximum atomic E-state index is 13.1. The molecule has 1 aliphatic heterocycles. The molecule has 43 heavy (non-hydrogen) atoms. The summed E-state index contributed by atoms with van der Waals surface area (Å²) in [7, 11) is 0. The van der Waals surface area contributed by atoms with Crippen LogP contribution in [0.15, 0.2) is 35.9 Å². The molecule has 0 aromatic heterocycles. The second-order valence-electron chi connectivity index (χ2n) is 14.3. The fourth-order valence-corrected chi connectivity index (χ4v) is 10.2. The van der Waals surface area contributed by atoms with Crippen molar-refractivity contribution < 1.29 is 44.3 Å². The Hall–Kier alpha value is -2.91. The number of aliphatic hydroxyl groups is 2. The summed E-state index contributed by atoms with van der Waals surface area (Å²) in [6, 6.07) is 6.26. The van der Waals surface area contributed by atoms with E-state index < -0.39 is 35.0 Å². The average Bonchev–Trinajstić information content (AvgIpc) is 3.50. The standard InChI is InChI=1S/C34H44O9/c1-32-11-9-24(43-31(40)14-20(13-29(37)38)19-3-6-23(35)7-4-19)16-22(32)5-8-26-27(32)17-28(36)33(2)25(10-12-34(26,33)41)21-15-30(39)42-18-21/h3-4,6-7,15,20,22,24-28,35-36,41H,5,8-14,16-18H2,1-2H3,(H,37,38)/t20?,22-,24+,25-,26-,27+,28-,32+,33+,34?/m1/s1. The molecular formula is C34H44O9. The van der Waals surface area contributed by atoms with Gasteiger partial charge in [-0.2, -0.15) is 0 Å². The number of carboxylic acids is 1. The first-order valence-electron chi connectivity index (χ1n) is 15.8. The number of phenolic OH excluding ortho intramolecular Hbond substituents is 1. The number of aliphatic hydroxyl groups excluding tert-OH is 1. The molecule has 10 atom stereocenters. The SMILES string of the molecule is C[C@]12CC[C@H](OC(=O)CC(CC(=O)O)c3ccc(O)cc3)C[C@H]1CC[C@@H]1[C@@H]2C[C@@H](O)[C@]2(C)[C@@H](C3=CC(=O)OC3)CCC12O. The fourth-order valence-electron chi connectivity index (χ4n) is 10.2. The van der Waals surface area contributed by atoms with Gasteiger partial charge < -0.3 is 29.9 Å². The van der Waals surface area contributed by atoms with E-state index in [9.17, 15) is 34.8 Å². The molecular weight excluding hydrogens is 552 g/mol. The van der Waals surface area contributed by atoms with Crippen molar-refractivity contribution in [1.29, 1.82) is 0 Å². The van der Waals surface area contributed by atoms with Crippen LogP contribution in [0.25, 0.3) is 0 Å². The number of aromatic hydroxyl groups is 1. The minimum Gasteiger partial charge on any atom is -0.508 e. The lowest BCUT2D eigenvalue weighted by molar-refractivity contribution is -0.245. The lowest BCUT2D eigenvalue weighted by Crippen LogP contribution is -2.67. The molecule has 9 nitrogen and oxygen atoms in total. The summed E-state index contributed by atoms with van der Waals surface area (Å²) in [5, 5.41) is 43.2. The lowest BCUT2D eigenvalue weighted by atomic mass is 9.42. The van der Waals surface area contributed by atoms with E-state index in [0.717, 1.165) is 37.7 Å². The van der Waals surface area contributed by atoms with E-state index in [0.29, 0.717) is 24.8 Å². The molecule has 4 fully saturated rings. The molecule has 234 valence electrons.